The highest BCUT2D eigenvalue weighted by Gasteiger charge is 2.35. The maximum atomic E-state index is 13.4. The summed E-state index contributed by atoms with van der Waals surface area (Å²) < 4.78 is 12.9. The van der Waals surface area contributed by atoms with E-state index >= 15 is 0 Å². The Morgan fingerprint density at radius 2 is 1.96 bits per heavy atom. The van der Waals surface area contributed by atoms with Crippen LogP contribution >= 0.6 is 0 Å². The predicted octanol–water partition coefficient (Wildman–Crippen LogP) is 1.08. The van der Waals surface area contributed by atoms with Gasteiger partial charge in [-0.15, -0.1) is 0 Å². The summed E-state index contributed by atoms with van der Waals surface area (Å²) in [6.07, 6.45) is 0.655. The van der Waals surface area contributed by atoms with Gasteiger partial charge < -0.3 is 19.5 Å². The Kier molecular flexibility index (Phi) is 6.44. The molecule has 3 heterocycles. The van der Waals surface area contributed by atoms with Crippen LogP contribution in [0.3, 0.4) is 0 Å². The molecule has 3 rings (SSSR count). The van der Waals surface area contributed by atoms with Crippen molar-refractivity contribution in [3.05, 3.63) is 17.0 Å². The van der Waals surface area contributed by atoms with Crippen LogP contribution in [0.25, 0.3) is 0 Å². The van der Waals surface area contributed by atoms with E-state index in [9.17, 15) is 9.90 Å². The smallest absolute Gasteiger partial charge is 0.272 e. The van der Waals surface area contributed by atoms with E-state index in [2.05, 4.69) is 4.90 Å². The third-order valence-electron chi connectivity index (χ3n) is 5.37. The Hall–Kier alpha value is -1.48. The molecule has 2 atom stereocenters. The standard InChI is InChI=1S/C20H34N4O4/c1-14-12-16-17(15(2)28-14)21-24(10-11-27-5)18(16)19(25)23-8-6-22(7-9-23)13-20(3,4)26/h14-15,26H,6-13H2,1-5H3/t14-,15+/m0/s1. The van der Waals surface area contributed by atoms with Crippen molar-refractivity contribution in [1.29, 1.82) is 0 Å². The van der Waals surface area contributed by atoms with Crippen molar-refractivity contribution in [3.63, 3.8) is 0 Å². The fourth-order valence-corrected chi connectivity index (χ4v) is 4.18. The Labute approximate surface area is 167 Å². The molecule has 8 nitrogen and oxygen atoms in total. The fourth-order valence-electron chi connectivity index (χ4n) is 4.18. The first kappa shape index (κ1) is 21.2. The number of carbonyl (C=O) groups excluding carboxylic acids is 1. The molecule has 1 aromatic rings. The normalized spacial score (nSPS) is 23.7. The summed E-state index contributed by atoms with van der Waals surface area (Å²) in [6, 6.07) is 0. The minimum atomic E-state index is -0.726. The zero-order valence-corrected chi connectivity index (χ0v) is 17.8. The number of nitrogens with zero attached hydrogens (tertiary/aromatic N) is 4. The number of carbonyl (C=O) groups is 1. The zero-order valence-electron chi connectivity index (χ0n) is 17.8. The molecule has 1 amide bonds. The van der Waals surface area contributed by atoms with Crippen LogP contribution in [0, 0.1) is 0 Å². The van der Waals surface area contributed by atoms with E-state index in [0.29, 0.717) is 44.9 Å². The van der Waals surface area contributed by atoms with Gasteiger partial charge in [-0.2, -0.15) is 5.10 Å². The zero-order chi connectivity index (χ0) is 20.5. The number of fused-ring (bicyclic) bond motifs is 1. The van der Waals surface area contributed by atoms with E-state index in [1.807, 2.05) is 32.6 Å². The molecule has 28 heavy (non-hydrogen) atoms. The summed E-state index contributed by atoms with van der Waals surface area (Å²) >= 11 is 0. The number of piperazine rings is 1. The van der Waals surface area contributed by atoms with E-state index in [0.717, 1.165) is 24.3 Å². The number of β-amino-alcohol motifs (C(OH)–C–C–N with tert-alkyl or cyclic N) is 1. The molecule has 158 valence electrons. The van der Waals surface area contributed by atoms with Gasteiger partial charge in [0.2, 0.25) is 0 Å². The SMILES string of the molecule is COCCn1nc2c(c1C(=O)N1CCN(CC(C)(C)O)CC1)C[C@H](C)O[C@@H]2C. The second-order valence-electron chi connectivity index (χ2n) is 8.60. The lowest BCUT2D eigenvalue weighted by molar-refractivity contribution is -0.00723. The van der Waals surface area contributed by atoms with Crippen LogP contribution < -0.4 is 0 Å². The molecule has 0 bridgehead atoms. The van der Waals surface area contributed by atoms with Crippen LogP contribution in [-0.4, -0.2) is 88.7 Å². The molecule has 2 aliphatic heterocycles. The number of rotatable bonds is 6. The van der Waals surface area contributed by atoms with Gasteiger partial charge in [0.15, 0.2) is 0 Å². The highest BCUT2D eigenvalue weighted by molar-refractivity contribution is 5.94. The second kappa shape index (κ2) is 8.49. The van der Waals surface area contributed by atoms with Gasteiger partial charge in [0.25, 0.3) is 5.91 Å². The van der Waals surface area contributed by atoms with Crippen molar-refractivity contribution in [1.82, 2.24) is 19.6 Å². The Morgan fingerprint density at radius 1 is 1.29 bits per heavy atom. The van der Waals surface area contributed by atoms with Gasteiger partial charge in [-0.05, 0) is 27.7 Å². The third kappa shape index (κ3) is 4.74. The molecule has 0 spiro atoms. The van der Waals surface area contributed by atoms with Crippen molar-refractivity contribution < 1.29 is 19.4 Å². The summed E-state index contributed by atoms with van der Waals surface area (Å²) in [5, 5.41) is 14.7. The van der Waals surface area contributed by atoms with Crippen LogP contribution in [0.4, 0.5) is 0 Å². The number of ether oxygens (including phenoxy) is 2. The summed E-state index contributed by atoms with van der Waals surface area (Å²) in [6.45, 7) is 12.2. The maximum Gasteiger partial charge on any atom is 0.272 e. The highest BCUT2D eigenvalue weighted by Crippen LogP contribution is 2.32. The number of hydrogen-bond acceptors (Lipinski definition) is 6. The number of amides is 1. The molecule has 0 radical (unpaired) electrons. The first-order valence-corrected chi connectivity index (χ1v) is 10.2. The van der Waals surface area contributed by atoms with Crippen molar-refractivity contribution in [3.8, 4) is 0 Å². The summed E-state index contributed by atoms with van der Waals surface area (Å²) in [5.74, 6) is 0.0362. The topological polar surface area (TPSA) is 80.1 Å². The van der Waals surface area contributed by atoms with Gasteiger partial charge in [-0.3, -0.25) is 14.4 Å². The molecular formula is C20H34N4O4. The van der Waals surface area contributed by atoms with Gasteiger partial charge in [0.05, 0.1) is 36.7 Å². The van der Waals surface area contributed by atoms with E-state index in [1.165, 1.54) is 0 Å². The average molecular weight is 395 g/mol. The Morgan fingerprint density at radius 3 is 2.57 bits per heavy atom. The van der Waals surface area contributed by atoms with Gasteiger partial charge in [0.1, 0.15) is 5.69 Å². The van der Waals surface area contributed by atoms with Gasteiger partial charge >= 0.3 is 0 Å². The molecule has 8 heteroatoms. The van der Waals surface area contributed by atoms with Crippen LogP contribution in [0.15, 0.2) is 0 Å². The van der Waals surface area contributed by atoms with Crippen LogP contribution in [-0.2, 0) is 22.4 Å². The van der Waals surface area contributed by atoms with Crippen molar-refractivity contribution in [2.45, 2.75) is 58.5 Å². The lowest BCUT2D eigenvalue weighted by Gasteiger charge is -2.37. The first-order valence-electron chi connectivity index (χ1n) is 10.2. The maximum absolute atomic E-state index is 13.4. The van der Waals surface area contributed by atoms with Crippen LogP contribution in [0.2, 0.25) is 0 Å². The predicted molar refractivity (Wildman–Crippen MR) is 105 cm³/mol. The molecule has 0 aromatic carbocycles. The number of methoxy groups -OCH3 is 1. The monoisotopic (exact) mass is 394 g/mol. The molecule has 0 aliphatic carbocycles. The number of aliphatic hydroxyl groups is 1. The first-order chi connectivity index (χ1) is 13.2. The molecule has 1 fully saturated rings. The molecule has 1 saturated heterocycles. The molecule has 2 aliphatic rings. The Bertz CT molecular complexity index is 689. The molecule has 0 unspecified atom stereocenters. The lowest BCUT2D eigenvalue weighted by atomic mass is 9.99. The Balaban J connectivity index is 1.79. The van der Waals surface area contributed by atoms with Gasteiger partial charge in [-0.25, -0.2) is 0 Å². The van der Waals surface area contributed by atoms with E-state index < -0.39 is 5.60 Å². The number of hydrogen-bond donors (Lipinski definition) is 1. The van der Waals surface area contributed by atoms with Crippen molar-refractivity contribution in [2.75, 3.05) is 46.4 Å². The molecule has 0 saturated carbocycles. The fraction of sp³-hybridized carbons (Fsp3) is 0.800. The van der Waals surface area contributed by atoms with Crippen molar-refractivity contribution in [2.24, 2.45) is 0 Å². The number of aromatic nitrogens is 2. The van der Waals surface area contributed by atoms with E-state index in [1.54, 1.807) is 11.8 Å². The van der Waals surface area contributed by atoms with Gasteiger partial charge in [0, 0.05) is 51.8 Å². The largest absolute Gasteiger partial charge is 0.389 e. The summed E-state index contributed by atoms with van der Waals surface area (Å²) in [7, 11) is 1.65. The molecule has 1 N–H and O–H groups in total. The molecular weight excluding hydrogens is 360 g/mol. The average Bonchev–Trinajstić information content (AvgIpc) is 2.97. The summed E-state index contributed by atoms with van der Waals surface area (Å²) in [5.41, 5.74) is 1.85. The van der Waals surface area contributed by atoms with Crippen molar-refractivity contribution >= 4 is 5.91 Å². The van der Waals surface area contributed by atoms with Crippen LogP contribution in [0.1, 0.15) is 55.5 Å². The van der Waals surface area contributed by atoms with E-state index in [4.69, 9.17) is 14.6 Å². The quantitative estimate of drug-likeness (QED) is 0.778. The minimum absolute atomic E-state index is 0.0362. The van der Waals surface area contributed by atoms with Gasteiger partial charge in [-0.1, -0.05) is 0 Å². The second-order valence-corrected chi connectivity index (χ2v) is 8.60. The van der Waals surface area contributed by atoms with Crippen LogP contribution in [0.5, 0.6) is 0 Å². The van der Waals surface area contributed by atoms with E-state index in [-0.39, 0.29) is 18.1 Å². The summed E-state index contributed by atoms with van der Waals surface area (Å²) in [4.78, 5) is 17.6. The highest BCUT2D eigenvalue weighted by atomic mass is 16.5. The molecule has 1 aromatic heterocycles. The third-order valence-corrected chi connectivity index (χ3v) is 5.37. The minimum Gasteiger partial charge on any atom is -0.389 e. The lowest BCUT2D eigenvalue weighted by Crippen LogP contribution is -2.52.